The van der Waals surface area contributed by atoms with Crippen LogP contribution in [0, 0.1) is 0 Å². The Labute approximate surface area is 124 Å². The van der Waals surface area contributed by atoms with Crippen molar-refractivity contribution in [3.8, 4) is 0 Å². The molecular formula is C15H12BrN3O. The van der Waals surface area contributed by atoms with Crippen molar-refractivity contribution in [2.45, 2.75) is 0 Å². The van der Waals surface area contributed by atoms with E-state index >= 15 is 0 Å². The Kier molecular flexibility index (Phi) is 3.43. The number of hydrogen-bond donors (Lipinski definition) is 3. The summed E-state index contributed by atoms with van der Waals surface area (Å²) in [4.78, 5) is 15.1. The van der Waals surface area contributed by atoms with Crippen molar-refractivity contribution in [1.29, 1.82) is 0 Å². The Balaban J connectivity index is 1.76. The molecule has 1 heterocycles. The minimum Gasteiger partial charge on any atom is -0.361 e. The van der Waals surface area contributed by atoms with E-state index in [9.17, 15) is 4.79 Å². The zero-order chi connectivity index (χ0) is 13.9. The number of benzene rings is 2. The van der Waals surface area contributed by atoms with Crippen LogP contribution in [-0.2, 0) is 0 Å². The number of carbonyl (C=O) groups excluding carboxylic acids is 1. The van der Waals surface area contributed by atoms with Crippen LogP contribution in [0.5, 0.6) is 0 Å². The molecule has 20 heavy (non-hydrogen) atoms. The van der Waals surface area contributed by atoms with E-state index in [1.54, 1.807) is 0 Å². The molecule has 3 aromatic rings. The molecule has 5 heteroatoms. The number of nitrogens with one attached hydrogen (secondary N) is 3. The van der Waals surface area contributed by atoms with E-state index < -0.39 is 0 Å². The molecule has 0 radical (unpaired) electrons. The molecule has 0 saturated heterocycles. The molecule has 1 aromatic heterocycles. The van der Waals surface area contributed by atoms with Crippen LogP contribution in [-0.4, -0.2) is 11.0 Å². The second-order valence-electron chi connectivity index (χ2n) is 4.33. The quantitative estimate of drug-likeness (QED) is 0.633. The van der Waals surface area contributed by atoms with Gasteiger partial charge in [0.05, 0.1) is 5.69 Å². The normalized spacial score (nSPS) is 10.4. The third kappa shape index (κ3) is 2.67. The average molecular weight is 330 g/mol. The second kappa shape index (κ2) is 5.38. The van der Waals surface area contributed by atoms with Gasteiger partial charge in [-0.3, -0.25) is 0 Å². The molecule has 3 rings (SSSR count). The lowest BCUT2D eigenvalue weighted by Gasteiger charge is -2.08. The fourth-order valence-electron chi connectivity index (χ4n) is 2.01. The van der Waals surface area contributed by atoms with Crippen LogP contribution < -0.4 is 10.6 Å². The van der Waals surface area contributed by atoms with Crippen molar-refractivity contribution >= 4 is 44.2 Å². The SMILES string of the molecule is O=C(Nc1ccc(Br)cc1)Nc1cccc2[nH]ccc12. The number of aromatic nitrogens is 1. The topological polar surface area (TPSA) is 56.9 Å². The number of aromatic amines is 1. The molecule has 0 fully saturated rings. The summed E-state index contributed by atoms with van der Waals surface area (Å²) in [6.07, 6.45) is 1.85. The number of anilines is 2. The summed E-state index contributed by atoms with van der Waals surface area (Å²) in [7, 11) is 0. The largest absolute Gasteiger partial charge is 0.361 e. The van der Waals surface area contributed by atoms with Crippen molar-refractivity contribution in [2.24, 2.45) is 0 Å². The Morgan fingerprint density at radius 1 is 1.00 bits per heavy atom. The molecule has 0 aliphatic rings. The smallest absolute Gasteiger partial charge is 0.323 e. The summed E-state index contributed by atoms with van der Waals surface area (Å²) >= 11 is 3.36. The Bertz CT molecular complexity index is 749. The zero-order valence-electron chi connectivity index (χ0n) is 10.5. The number of carbonyl (C=O) groups is 1. The summed E-state index contributed by atoms with van der Waals surface area (Å²) in [5.74, 6) is 0. The number of amides is 2. The average Bonchev–Trinajstić information content (AvgIpc) is 2.91. The number of rotatable bonds is 2. The minimum atomic E-state index is -0.263. The van der Waals surface area contributed by atoms with E-state index in [0.29, 0.717) is 0 Å². The first-order chi connectivity index (χ1) is 9.72. The number of fused-ring (bicyclic) bond motifs is 1. The van der Waals surface area contributed by atoms with Gasteiger partial charge in [-0.1, -0.05) is 22.0 Å². The Hall–Kier alpha value is -2.27. The summed E-state index contributed by atoms with van der Waals surface area (Å²) < 4.78 is 0.973. The van der Waals surface area contributed by atoms with Gasteiger partial charge in [0.25, 0.3) is 0 Å². The standard InChI is InChI=1S/C15H12BrN3O/c16-10-4-6-11(7-5-10)18-15(20)19-14-3-1-2-13-12(14)8-9-17-13/h1-9,17H,(H2,18,19,20). The molecule has 4 nitrogen and oxygen atoms in total. The van der Waals surface area contributed by atoms with Gasteiger partial charge in [-0.25, -0.2) is 4.79 Å². The number of halogens is 1. The monoisotopic (exact) mass is 329 g/mol. The van der Waals surface area contributed by atoms with Crippen LogP contribution in [0.25, 0.3) is 10.9 Å². The summed E-state index contributed by atoms with van der Waals surface area (Å²) in [5, 5.41) is 6.63. The third-order valence-corrected chi connectivity index (χ3v) is 3.47. The van der Waals surface area contributed by atoms with E-state index in [1.165, 1.54) is 0 Å². The van der Waals surface area contributed by atoms with E-state index in [-0.39, 0.29) is 6.03 Å². The number of hydrogen-bond acceptors (Lipinski definition) is 1. The van der Waals surface area contributed by atoms with Crippen molar-refractivity contribution in [3.63, 3.8) is 0 Å². The molecule has 0 bridgehead atoms. The molecule has 0 aliphatic carbocycles. The van der Waals surface area contributed by atoms with Gasteiger partial charge in [-0.2, -0.15) is 0 Å². The lowest BCUT2D eigenvalue weighted by molar-refractivity contribution is 0.262. The fraction of sp³-hybridized carbons (Fsp3) is 0. The fourth-order valence-corrected chi connectivity index (χ4v) is 2.28. The van der Waals surface area contributed by atoms with Crippen LogP contribution in [0.2, 0.25) is 0 Å². The van der Waals surface area contributed by atoms with Crippen LogP contribution in [0.1, 0.15) is 0 Å². The molecule has 3 N–H and O–H groups in total. The van der Waals surface area contributed by atoms with Gasteiger partial charge in [0.15, 0.2) is 0 Å². The van der Waals surface area contributed by atoms with Crippen LogP contribution in [0.4, 0.5) is 16.2 Å². The van der Waals surface area contributed by atoms with Gasteiger partial charge in [-0.05, 0) is 42.5 Å². The van der Waals surface area contributed by atoms with Crippen LogP contribution >= 0.6 is 15.9 Å². The van der Waals surface area contributed by atoms with E-state index in [2.05, 4.69) is 31.5 Å². The molecule has 0 unspecified atom stereocenters. The molecule has 0 aliphatic heterocycles. The predicted octanol–water partition coefficient (Wildman–Crippen LogP) is 4.57. The first-order valence-corrected chi connectivity index (χ1v) is 6.91. The Morgan fingerprint density at radius 2 is 1.80 bits per heavy atom. The summed E-state index contributed by atoms with van der Waals surface area (Å²) in [6.45, 7) is 0. The zero-order valence-corrected chi connectivity index (χ0v) is 12.1. The van der Waals surface area contributed by atoms with Gasteiger partial charge in [0.2, 0.25) is 0 Å². The van der Waals surface area contributed by atoms with Gasteiger partial charge in [-0.15, -0.1) is 0 Å². The van der Waals surface area contributed by atoms with Gasteiger partial charge in [0.1, 0.15) is 0 Å². The van der Waals surface area contributed by atoms with Gasteiger partial charge in [0, 0.05) is 27.3 Å². The molecule has 0 atom stereocenters. The highest BCUT2D eigenvalue weighted by Crippen LogP contribution is 2.22. The molecule has 100 valence electrons. The van der Waals surface area contributed by atoms with E-state index in [0.717, 1.165) is 26.8 Å². The third-order valence-electron chi connectivity index (χ3n) is 2.95. The van der Waals surface area contributed by atoms with E-state index in [4.69, 9.17) is 0 Å². The highest BCUT2D eigenvalue weighted by Gasteiger charge is 2.06. The van der Waals surface area contributed by atoms with Gasteiger partial charge < -0.3 is 15.6 Å². The lowest BCUT2D eigenvalue weighted by atomic mass is 10.2. The van der Waals surface area contributed by atoms with Crippen LogP contribution in [0.15, 0.2) is 59.2 Å². The Morgan fingerprint density at radius 3 is 2.60 bits per heavy atom. The summed E-state index contributed by atoms with van der Waals surface area (Å²) in [6, 6.07) is 14.8. The molecule has 2 aromatic carbocycles. The first kappa shape index (κ1) is 12.7. The van der Waals surface area contributed by atoms with Crippen molar-refractivity contribution in [2.75, 3.05) is 10.6 Å². The molecule has 0 saturated carbocycles. The van der Waals surface area contributed by atoms with Crippen LogP contribution in [0.3, 0.4) is 0 Å². The van der Waals surface area contributed by atoms with Gasteiger partial charge >= 0.3 is 6.03 Å². The maximum atomic E-state index is 12.0. The maximum absolute atomic E-state index is 12.0. The van der Waals surface area contributed by atoms with Crippen molar-refractivity contribution in [3.05, 3.63) is 59.2 Å². The minimum absolute atomic E-state index is 0.263. The van der Waals surface area contributed by atoms with Crippen molar-refractivity contribution < 1.29 is 4.79 Å². The molecule has 2 amide bonds. The first-order valence-electron chi connectivity index (χ1n) is 6.12. The highest BCUT2D eigenvalue weighted by atomic mass is 79.9. The number of urea groups is 1. The number of H-pyrrole nitrogens is 1. The second-order valence-corrected chi connectivity index (χ2v) is 5.25. The van der Waals surface area contributed by atoms with E-state index in [1.807, 2.05) is 54.7 Å². The summed E-state index contributed by atoms with van der Waals surface area (Å²) in [5.41, 5.74) is 2.51. The lowest BCUT2D eigenvalue weighted by Crippen LogP contribution is -2.19. The molecule has 0 spiro atoms. The van der Waals surface area contributed by atoms with Crippen molar-refractivity contribution in [1.82, 2.24) is 4.98 Å². The maximum Gasteiger partial charge on any atom is 0.323 e. The highest BCUT2D eigenvalue weighted by molar-refractivity contribution is 9.10. The molecular weight excluding hydrogens is 318 g/mol. The predicted molar refractivity (Wildman–Crippen MR) is 85.1 cm³/mol.